The molecule has 0 aromatic heterocycles. The van der Waals surface area contributed by atoms with Gasteiger partial charge in [-0.2, -0.15) is 0 Å². The van der Waals surface area contributed by atoms with Crippen LogP contribution in [0.25, 0.3) is 0 Å². The number of benzene rings is 3. The highest BCUT2D eigenvalue weighted by Gasteiger charge is 2.20. The van der Waals surface area contributed by atoms with E-state index in [0.717, 1.165) is 29.8 Å². The van der Waals surface area contributed by atoms with Crippen LogP contribution in [0.1, 0.15) is 15.9 Å². The fourth-order valence-electron chi connectivity index (χ4n) is 3.16. The number of rotatable bonds is 6. The van der Waals surface area contributed by atoms with Crippen LogP contribution in [0.2, 0.25) is 5.02 Å². The minimum atomic E-state index is -4.02. The lowest BCUT2D eigenvalue weighted by Gasteiger charge is -2.18. The van der Waals surface area contributed by atoms with Gasteiger partial charge >= 0.3 is 0 Å². The first-order valence-electron chi connectivity index (χ1n) is 9.45. The van der Waals surface area contributed by atoms with E-state index in [1.54, 1.807) is 19.2 Å². The first-order valence-corrected chi connectivity index (χ1v) is 11.3. The minimum absolute atomic E-state index is 0.0401. The third-order valence-corrected chi connectivity index (χ3v) is 6.50. The van der Waals surface area contributed by atoms with E-state index in [9.17, 15) is 17.6 Å². The Balaban J connectivity index is 1.52. The van der Waals surface area contributed by atoms with E-state index >= 15 is 0 Å². The third kappa shape index (κ3) is 4.63. The van der Waals surface area contributed by atoms with E-state index in [2.05, 4.69) is 4.72 Å². The molecule has 0 radical (unpaired) electrons. The molecule has 3 aromatic rings. The van der Waals surface area contributed by atoms with Gasteiger partial charge in [0.05, 0.1) is 15.6 Å². The van der Waals surface area contributed by atoms with Gasteiger partial charge in [0, 0.05) is 19.2 Å². The van der Waals surface area contributed by atoms with Crippen LogP contribution in [0, 0.1) is 5.82 Å². The lowest BCUT2D eigenvalue weighted by Crippen LogP contribution is -2.26. The molecule has 1 aliphatic rings. The Labute approximate surface area is 189 Å². The smallest absolute Gasteiger partial charge is 0.261 e. The van der Waals surface area contributed by atoms with Crippen molar-refractivity contribution in [2.24, 2.45) is 0 Å². The highest BCUT2D eigenvalue weighted by atomic mass is 35.5. The van der Waals surface area contributed by atoms with E-state index in [1.165, 1.54) is 23.1 Å². The maximum atomic E-state index is 13.1. The number of ether oxygens (including phenoxy) is 2. The van der Waals surface area contributed by atoms with Gasteiger partial charge in [0.1, 0.15) is 5.82 Å². The normalized spacial score (nSPS) is 12.5. The summed E-state index contributed by atoms with van der Waals surface area (Å²) < 4.78 is 51.3. The molecule has 1 N–H and O–H groups in total. The zero-order valence-electron chi connectivity index (χ0n) is 16.8. The van der Waals surface area contributed by atoms with Crippen LogP contribution in [0.15, 0.2) is 65.6 Å². The van der Waals surface area contributed by atoms with Crippen molar-refractivity contribution < 1.29 is 27.1 Å². The molecule has 1 amide bonds. The topological polar surface area (TPSA) is 84.9 Å². The van der Waals surface area contributed by atoms with Crippen molar-refractivity contribution in [2.45, 2.75) is 11.4 Å². The molecule has 4 rings (SSSR count). The largest absolute Gasteiger partial charge is 0.454 e. The number of amides is 1. The van der Waals surface area contributed by atoms with Gasteiger partial charge in [-0.3, -0.25) is 9.52 Å². The van der Waals surface area contributed by atoms with Crippen LogP contribution < -0.4 is 14.2 Å². The van der Waals surface area contributed by atoms with Crippen LogP contribution in [0.4, 0.5) is 10.1 Å². The lowest BCUT2D eigenvalue weighted by molar-refractivity contribution is 0.0785. The molecule has 0 saturated heterocycles. The second kappa shape index (κ2) is 8.68. The summed E-state index contributed by atoms with van der Waals surface area (Å²) in [5, 5.41) is 0.116. The summed E-state index contributed by atoms with van der Waals surface area (Å²) in [7, 11) is -2.39. The quantitative estimate of drug-likeness (QED) is 0.574. The number of hydrogen-bond donors (Lipinski definition) is 1. The average Bonchev–Trinajstić information content (AvgIpc) is 3.23. The maximum absolute atomic E-state index is 13.1. The van der Waals surface area contributed by atoms with Gasteiger partial charge in [-0.05, 0) is 60.2 Å². The summed E-state index contributed by atoms with van der Waals surface area (Å²) in [6.07, 6.45) is 0. The predicted octanol–water partition coefficient (Wildman–Crippen LogP) is 4.28. The summed E-state index contributed by atoms with van der Waals surface area (Å²) in [5.74, 6) is 0.382. The molecule has 0 fully saturated rings. The number of sulfonamides is 1. The standard InChI is InChI=1S/C22H18ClFN2O5S/c1-26(12-14-2-9-20-21(10-14)31-13-30-20)22(27)15-3-8-18(23)19(11-15)25-32(28,29)17-6-4-16(24)5-7-17/h2-11,25H,12-13H2,1H3. The summed E-state index contributed by atoms with van der Waals surface area (Å²) in [5.41, 5.74) is 1.13. The average molecular weight is 477 g/mol. The van der Waals surface area contributed by atoms with Crippen molar-refractivity contribution in [1.29, 1.82) is 0 Å². The van der Waals surface area contributed by atoms with Crippen LogP contribution in [0.5, 0.6) is 11.5 Å². The van der Waals surface area contributed by atoms with E-state index < -0.39 is 15.8 Å². The molecule has 3 aromatic carbocycles. The Bertz CT molecular complexity index is 1280. The van der Waals surface area contributed by atoms with Gasteiger partial charge in [-0.15, -0.1) is 0 Å². The second-order valence-electron chi connectivity index (χ2n) is 7.10. The molecule has 7 nitrogen and oxygen atoms in total. The molecule has 10 heteroatoms. The Hall–Kier alpha value is -3.30. The Morgan fingerprint density at radius 2 is 1.78 bits per heavy atom. The Morgan fingerprint density at radius 3 is 2.53 bits per heavy atom. The lowest BCUT2D eigenvalue weighted by atomic mass is 10.1. The molecule has 166 valence electrons. The molecule has 0 aliphatic carbocycles. The van der Waals surface area contributed by atoms with Gasteiger partial charge in [0.25, 0.3) is 15.9 Å². The molecule has 0 atom stereocenters. The van der Waals surface area contributed by atoms with E-state index in [1.807, 2.05) is 6.07 Å². The molecule has 1 aliphatic heterocycles. The van der Waals surface area contributed by atoms with Gasteiger partial charge in [0.2, 0.25) is 6.79 Å². The van der Waals surface area contributed by atoms with Gasteiger partial charge in [-0.1, -0.05) is 17.7 Å². The number of nitrogens with one attached hydrogen (secondary N) is 1. The summed E-state index contributed by atoms with van der Waals surface area (Å²) in [4.78, 5) is 14.3. The molecular formula is C22H18ClFN2O5S. The molecule has 32 heavy (non-hydrogen) atoms. The first kappa shape index (κ1) is 21.9. The molecule has 0 spiro atoms. The van der Waals surface area contributed by atoms with Crippen molar-refractivity contribution >= 4 is 33.2 Å². The van der Waals surface area contributed by atoms with Crippen molar-refractivity contribution in [2.75, 3.05) is 18.6 Å². The second-order valence-corrected chi connectivity index (χ2v) is 9.19. The first-order chi connectivity index (χ1) is 15.2. The van der Waals surface area contributed by atoms with Crippen LogP contribution in [0.3, 0.4) is 0 Å². The highest BCUT2D eigenvalue weighted by molar-refractivity contribution is 7.92. The zero-order chi connectivity index (χ0) is 22.9. The number of anilines is 1. The molecule has 0 saturated carbocycles. The number of nitrogens with zero attached hydrogens (tertiary/aromatic N) is 1. The summed E-state index contributed by atoms with van der Waals surface area (Å²) in [6, 6.07) is 14.1. The third-order valence-electron chi connectivity index (χ3n) is 4.78. The Morgan fingerprint density at radius 1 is 1.06 bits per heavy atom. The summed E-state index contributed by atoms with van der Waals surface area (Å²) in [6.45, 7) is 0.462. The molecule has 1 heterocycles. The van der Waals surface area contributed by atoms with Gasteiger partial charge < -0.3 is 14.4 Å². The highest BCUT2D eigenvalue weighted by Crippen LogP contribution is 2.33. The van der Waals surface area contributed by atoms with E-state index in [-0.39, 0.29) is 33.9 Å². The monoisotopic (exact) mass is 476 g/mol. The number of carbonyl (C=O) groups is 1. The molecule has 0 unspecified atom stereocenters. The number of halogens is 2. The Kier molecular flexibility index (Phi) is 5.94. The van der Waals surface area contributed by atoms with Crippen LogP contribution in [-0.2, 0) is 16.6 Å². The number of fused-ring (bicyclic) bond motifs is 1. The molecular weight excluding hydrogens is 459 g/mol. The van der Waals surface area contributed by atoms with Gasteiger partial charge in [0.15, 0.2) is 11.5 Å². The van der Waals surface area contributed by atoms with Crippen molar-refractivity contribution in [3.05, 3.63) is 82.6 Å². The van der Waals surface area contributed by atoms with E-state index in [0.29, 0.717) is 18.0 Å². The maximum Gasteiger partial charge on any atom is 0.261 e. The van der Waals surface area contributed by atoms with Crippen molar-refractivity contribution in [3.63, 3.8) is 0 Å². The van der Waals surface area contributed by atoms with Crippen LogP contribution >= 0.6 is 11.6 Å². The van der Waals surface area contributed by atoms with E-state index in [4.69, 9.17) is 21.1 Å². The van der Waals surface area contributed by atoms with Crippen molar-refractivity contribution in [3.8, 4) is 11.5 Å². The fourth-order valence-corrected chi connectivity index (χ4v) is 4.45. The van der Waals surface area contributed by atoms with Crippen LogP contribution in [-0.4, -0.2) is 33.1 Å². The number of carbonyl (C=O) groups excluding carboxylic acids is 1. The zero-order valence-corrected chi connectivity index (χ0v) is 18.4. The fraction of sp³-hybridized carbons (Fsp3) is 0.136. The molecule has 0 bridgehead atoms. The van der Waals surface area contributed by atoms with Gasteiger partial charge in [-0.25, -0.2) is 12.8 Å². The summed E-state index contributed by atoms with van der Waals surface area (Å²) >= 11 is 6.15. The number of hydrogen-bond acceptors (Lipinski definition) is 5. The minimum Gasteiger partial charge on any atom is -0.454 e. The SMILES string of the molecule is CN(Cc1ccc2c(c1)OCO2)C(=O)c1ccc(Cl)c(NS(=O)(=O)c2ccc(F)cc2)c1. The predicted molar refractivity (Wildman–Crippen MR) is 117 cm³/mol. The van der Waals surface area contributed by atoms with Crippen molar-refractivity contribution in [1.82, 2.24) is 4.90 Å².